The van der Waals surface area contributed by atoms with Crippen molar-refractivity contribution < 1.29 is 14.8 Å². The monoisotopic (exact) mass is 218 g/mol. The maximum Gasteiger partial charge on any atom is 0.488 e. The largest absolute Gasteiger partial charge is 0.488 e. The average Bonchev–Trinajstić information content (AvgIpc) is 2.31. The van der Waals surface area contributed by atoms with Gasteiger partial charge < -0.3 is 14.8 Å². The Hall–Kier alpha value is -1.26. The second-order valence-electron chi connectivity index (χ2n) is 3.96. The molecule has 2 rings (SSSR count). The third-order valence-electron chi connectivity index (χ3n) is 2.68. The average molecular weight is 218 g/mol. The molecule has 3 nitrogen and oxygen atoms in total. The molecule has 1 aromatic carbocycles. The first-order valence-electron chi connectivity index (χ1n) is 5.55. The van der Waals surface area contributed by atoms with Crippen LogP contribution < -0.4 is 10.2 Å². The van der Waals surface area contributed by atoms with Gasteiger partial charge in [0.25, 0.3) is 0 Å². The van der Waals surface area contributed by atoms with Crippen molar-refractivity contribution in [1.29, 1.82) is 0 Å². The van der Waals surface area contributed by atoms with Crippen LogP contribution in [0.3, 0.4) is 0 Å². The molecule has 0 heterocycles. The molecule has 0 fully saturated rings. The molecule has 0 radical (unpaired) electrons. The Kier molecular flexibility index (Phi) is 3.64. The summed E-state index contributed by atoms with van der Waals surface area (Å²) in [5.74, 6) is 0.765. The Morgan fingerprint density at radius 1 is 1.19 bits per heavy atom. The predicted octanol–water partition coefficient (Wildman–Crippen LogP) is 0.854. The highest BCUT2D eigenvalue weighted by molar-refractivity contribution is 6.58. The minimum atomic E-state index is -1.41. The molecule has 1 atom stereocenters. The zero-order valence-corrected chi connectivity index (χ0v) is 9.04. The Balaban J connectivity index is 1.99. The van der Waals surface area contributed by atoms with Gasteiger partial charge in [-0.1, -0.05) is 18.2 Å². The Bertz CT molecular complexity index is 359. The molecular formula is C12H15BO3. The van der Waals surface area contributed by atoms with Crippen LogP contribution in [-0.2, 0) is 0 Å². The van der Waals surface area contributed by atoms with Gasteiger partial charge in [0, 0.05) is 0 Å². The molecule has 1 aliphatic carbocycles. The SMILES string of the molecule is OB(O)c1ccc(OC2C=CCCC2)cc1. The first-order valence-corrected chi connectivity index (χ1v) is 5.55. The summed E-state index contributed by atoms with van der Waals surface area (Å²) in [4.78, 5) is 0. The van der Waals surface area contributed by atoms with Crippen molar-refractivity contribution in [2.24, 2.45) is 0 Å². The highest BCUT2D eigenvalue weighted by atomic mass is 16.5. The topological polar surface area (TPSA) is 49.7 Å². The van der Waals surface area contributed by atoms with Crippen molar-refractivity contribution in [1.82, 2.24) is 0 Å². The third-order valence-corrected chi connectivity index (χ3v) is 2.68. The maximum absolute atomic E-state index is 8.94. The van der Waals surface area contributed by atoms with Gasteiger partial charge in [-0.3, -0.25) is 0 Å². The van der Waals surface area contributed by atoms with Crippen molar-refractivity contribution in [2.75, 3.05) is 0 Å². The highest BCUT2D eigenvalue weighted by Crippen LogP contribution is 2.17. The van der Waals surface area contributed by atoms with E-state index in [-0.39, 0.29) is 6.10 Å². The summed E-state index contributed by atoms with van der Waals surface area (Å²) >= 11 is 0. The van der Waals surface area contributed by atoms with Crippen molar-refractivity contribution in [3.05, 3.63) is 36.4 Å². The molecule has 84 valence electrons. The lowest BCUT2D eigenvalue weighted by Crippen LogP contribution is -2.29. The summed E-state index contributed by atoms with van der Waals surface area (Å²) in [6.07, 6.45) is 7.71. The molecule has 0 saturated carbocycles. The van der Waals surface area contributed by atoms with E-state index in [1.807, 2.05) is 0 Å². The van der Waals surface area contributed by atoms with E-state index in [4.69, 9.17) is 14.8 Å². The van der Waals surface area contributed by atoms with E-state index in [0.717, 1.165) is 25.0 Å². The van der Waals surface area contributed by atoms with E-state index in [2.05, 4.69) is 12.2 Å². The van der Waals surface area contributed by atoms with Crippen LogP contribution in [0.25, 0.3) is 0 Å². The summed E-state index contributed by atoms with van der Waals surface area (Å²) in [6, 6.07) is 6.84. The lowest BCUT2D eigenvalue weighted by Gasteiger charge is -2.18. The fraction of sp³-hybridized carbons (Fsp3) is 0.333. The van der Waals surface area contributed by atoms with E-state index in [0.29, 0.717) is 5.46 Å². The van der Waals surface area contributed by atoms with Crippen molar-refractivity contribution >= 4 is 12.6 Å². The van der Waals surface area contributed by atoms with Crippen molar-refractivity contribution in [3.63, 3.8) is 0 Å². The van der Waals surface area contributed by atoms with Crippen LogP contribution in [0.5, 0.6) is 5.75 Å². The number of benzene rings is 1. The number of allylic oxidation sites excluding steroid dienone is 1. The second-order valence-corrected chi connectivity index (χ2v) is 3.96. The molecule has 1 unspecified atom stereocenters. The lowest BCUT2D eigenvalue weighted by molar-refractivity contribution is 0.230. The van der Waals surface area contributed by atoms with Crippen LogP contribution in [0.1, 0.15) is 19.3 Å². The van der Waals surface area contributed by atoms with Crippen LogP contribution >= 0.6 is 0 Å². The van der Waals surface area contributed by atoms with Gasteiger partial charge in [0.1, 0.15) is 11.9 Å². The number of hydrogen-bond donors (Lipinski definition) is 2. The Morgan fingerprint density at radius 3 is 2.50 bits per heavy atom. The zero-order valence-electron chi connectivity index (χ0n) is 9.04. The van der Waals surface area contributed by atoms with Crippen LogP contribution in [0.4, 0.5) is 0 Å². The van der Waals surface area contributed by atoms with Gasteiger partial charge >= 0.3 is 7.12 Å². The van der Waals surface area contributed by atoms with Crippen molar-refractivity contribution in [3.8, 4) is 5.75 Å². The van der Waals surface area contributed by atoms with Crippen LogP contribution in [0, 0.1) is 0 Å². The fourth-order valence-corrected chi connectivity index (χ4v) is 1.77. The second kappa shape index (κ2) is 5.19. The quantitative estimate of drug-likeness (QED) is 0.584. The summed E-state index contributed by atoms with van der Waals surface area (Å²) in [5.41, 5.74) is 0.478. The highest BCUT2D eigenvalue weighted by Gasteiger charge is 2.12. The first kappa shape index (κ1) is 11.2. The van der Waals surface area contributed by atoms with E-state index < -0.39 is 7.12 Å². The van der Waals surface area contributed by atoms with Gasteiger partial charge in [-0.05, 0) is 42.9 Å². The third kappa shape index (κ3) is 2.87. The van der Waals surface area contributed by atoms with Gasteiger partial charge in [-0.2, -0.15) is 0 Å². The first-order chi connectivity index (χ1) is 7.75. The lowest BCUT2D eigenvalue weighted by atomic mass is 9.80. The summed E-state index contributed by atoms with van der Waals surface area (Å²) in [7, 11) is -1.41. The predicted molar refractivity (Wildman–Crippen MR) is 63.7 cm³/mol. The molecule has 2 N–H and O–H groups in total. The normalized spacial score (nSPS) is 19.5. The molecule has 16 heavy (non-hydrogen) atoms. The fourth-order valence-electron chi connectivity index (χ4n) is 1.77. The van der Waals surface area contributed by atoms with E-state index in [9.17, 15) is 0 Å². The Morgan fingerprint density at radius 2 is 1.94 bits per heavy atom. The van der Waals surface area contributed by atoms with Crippen LogP contribution in [0.2, 0.25) is 0 Å². The van der Waals surface area contributed by atoms with Gasteiger partial charge in [0.15, 0.2) is 0 Å². The standard InChI is InChI=1S/C12H15BO3/c14-13(15)10-6-8-12(9-7-10)16-11-4-2-1-3-5-11/h2,4,6-9,11,14-15H,1,3,5H2. The van der Waals surface area contributed by atoms with Gasteiger partial charge in [-0.25, -0.2) is 0 Å². The molecule has 0 bridgehead atoms. The molecule has 1 aromatic rings. The maximum atomic E-state index is 8.94. The molecule has 0 saturated heterocycles. The van der Waals surface area contributed by atoms with Gasteiger partial charge in [0.2, 0.25) is 0 Å². The van der Waals surface area contributed by atoms with Crippen molar-refractivity contribution in [2.45, 2.75) is 25.4 Å². The number of rotatable bonds is 3. The number of hydrogen-bond acceptors (Lipinski definition) is 3. The Labute approximate surface area is 95.5 Å². The van der Waals surface area contributed by atoms with Gasteiger partial charge in [-0.15, -0.1) is 0 Å². The minimum absolute atomic E-state index is 0.152. The molecule has 1 aliphatic rings. The van der Waals surface area contributed by atoms with E-state index >= 15 is 0 Å². The molecule has 0 amide bonds. The summed E-state index contributed by atoms with van der Waals surface area (Å²) < 4.78 is 5.74. The summed E-state index contributed by atoms with van der Waals surface area (Å²) in [5, 5.41) is 17.9. The molecular weight excluding hydrogens is 203 g/mol. The smallest absolute Gasteiger partial charge is 0.486 e. The molecule has 0 aromatic heterocycles. The minimum Gasteiger partial charge on any atom is -0.486 e. The van der Waals surface area contributed by atoms with Crippen LogP contribution in [0.15, 0.2) is 36.4 Å². The number of ether oxygens (including phenoxy) is 1. The summed E-state index contributed by atoms with van der Waals surface area (Å²) in [6.45, 7) is 0. The molecule has 0 aliphatic heterocycles. The van der Waals surface area contributed by atoms with Crippen LogP contribution in [-0.4, -0.2) is 23.3 Å². The zero-order chi connectivity index (χ0) is 11.4. The van der Waals surface area contributed by atoms with E-state index in [1.54, 1.807) is 24.3 Å². The van der Waals surface area contributed by atoms with Gasteiger partial charge in [0.05, 0.1) is 0 Å². The molecule has 4 heteroatoms. The molecule has 0 spiro atoms. The van der Waals surface area contributed by atoms with E-state index in [1.165, 1.54) is 0 Å².